The highest BCUT2D eigenvalue weighted by Gasteiger charge is 2.41. The second kappa shape index (κ2) is 9.75. The monoisotopic (exact) mass is 445 g/mol. The Morgan fingerprint density at radius 1 is 0.750 bits per heavy atom. The van der Waals surface area contributed by atoms with Crippen LogP contribution in [0.2, 0.25) is 0 Å². The van der Waals surface area contributed by atoms with E-state index in [0.717, 1.165) is 4.90 Å². The Morgan fingerprint density at radius 2 is 1.41 bits per heavy atom. The fourth-order valence-electron chi connectivity index (χ4n) is 3.49. The number of benzene rings is 3. The smallest absolute Gasteiger partial charge is 0.273 e. The van der Waals surface area contributed by atoms with Crippen LogP contribution in [-0.4, -0.2) is 25.0 Å². The molecule has 1 heterocycles. The van der Waals surface area contributed by atoms with Gasteiger partial charge in [0.15, 0.2) is 0 Å². The second-order valence-corrected chi connectivity index (χ2v) is 8.01. The summed E-state index contributed by atoms with van der Waals surface area (Å²) in [6.45, 7) is 4.76. The first-order valence-electron chi connectivity index (χ1n) is 10.4. The summed E-state index contributed by atoms with van der Waals surface area (Å²) in [6, 6.07) is 23.9. The standard InChI is InChI=1S/C26H23NO4S/c1-3-30-19-16-14-18(15-17-19)23-24(32-20-10-6-5-7-11-20)26(29)27(25(23)28)21-12-8-9-13-22(21)31-4-2/h5-17H,3-4H2,1-2H3. The van der Waals surface area contributed by atoms with E-state index in [1.54, 1.807) is 18.2 Å². The minimum atomic E-state index is -0.371. The van der Waals surface area contributed by atoms with Gasteiger partial charge in [0.25, 0.3) is 11.8 Å². The first-order valence-corrected chi connectivity index (χ1v) is 11.3. The van der Waals surface area contributed by atoms with Crippen LogP contribution in [0.15, 0.2) is 88.7 Å². The van der Waals surface area contributed by atoms with Crippen LogP contribution in [0.4, 0.5) is 5.69 Å². The SMILES string of the molecule is CCOc1ccc(C2=C(Sc3ccccc3)C(=O)N(c3ccccc3OCC)C2=O)cc1. The minimum Gasteiger partial charge on any atom is -0.494 e. The molecule has 0 aliphatic carbocycles. The van der Waals surface area contributed by atoms with Crippen molar-refractivity contribution in [1.29, 1.82) is 0 Å². The largest absolute Gasteiger partial charge is 0.494 e. The first-order chi connectivity index (χ1) is 15.6. The van der Waals surface area contributed by atoms with E-state index in [0.29, 0.717) is 46.4 Å². The van der Waals surface area contributed by atoms with Crippen molar-refractivity contribution in [2.45, 2.75) is 18.7 Å². The molecule has 0 unspecified atom stereocenters. The topological polar surface area (TPSA) is 55.8 Å². The molecule has 162 valence electrons. The molecule has 0 atom stereocenters. The van der Waals surface area contributed by atoms with Crippen molar-refractivity contribution < 1.29 is 19.1 Å². The van der Waals surface area contributed by atoms with Gasteiger partial charge in [0.05, 0.1) is 29.4 Å². The number of amides is 2. The zero-order valence-electron chi connectivity index (χ0n) is 17.9. The van der Waals surface area contributed by atoms with Crippen LogP contribution < -0.4 is 14.4 Å². The van der Waals surface area contributed by atoms with Gasteiger partial charge in [0, 0.05) is 4.90 Å². The van der Waals surface area contributed by atoms with Crippen molar-refractivity contribution >= 4 is 34.8 Å². The molecule has 6 heteroatoms. The maximum absolute atomic E-state index is 13.6. The Labute approximate surface area is 191 Å². The summed E-state index contributed by atoms with van der Waals surface area (Å²) in [7, 11) is 0. The minimum absolute atomic E-state index is 0.361. The quantitative estimate of drug-likeness (QED) is 0.425. The Hall–Kier alpha value is -3.51. The molecule has 0 saturated heterocycles. The third-order valence-corrected chi connectivity index (χ3v) is 5.96. The average Bonchev–Trinajstić information content (AvgIpc) is 3.05. The van der Waals surface area contributed by atoms with Crippen LogP contribution in [0.3, 0.4) is 0 Å². The number of thioether (sulfide) groups is 1. The number of rotatable bonds is 8. The van der Waals surface area contributed by atoms with Gasteiger partial charge in [-0.25, -0.2) is 4.90 Å². The third kappa shape index (κ3) is 4.27. The van der Waals surface area contributed by atoms with E-state index in [2.05, 4.69) is 0 Å². The van der Waals surface area contributed by atoms with Crippen molar-refractivity contribution in [3.05, 3.63) is 89.3 Å². The van der Waals surface area contributed by atoms with Crippen LogP contribution in [0.1, 0.15) is 19.4 Å². The van der Waals surface area contributed by atoms with E-state index >= 15 is 0 Å². The summed E-state index contributed by atoms with van der Waals surface area (Å²) in [5.74, 6) is 0.475. The zero-order valence-corrected chi connectivity index (χ0v) is 18.7. The van der Waals surface area contributed by atoms with Gasteiger partial charge in [-0.1, -0.05) is 54.2 Å². The van der Waals surface area contributed by atoms with E-state index in [4.69, 9.17) is 9.47 Å². The Bertz CT molecular complexity index is 1160. The molecule has 3 aromatic carbocycles. The average molecular weight is 446 g/mol. The highest BCUT2D eigenvalue weighted by Crippen LogP contribution is 2.43. The Balaban J connectivity index is 1.80. The van der Waals surface area contributed by atoms with Gasteiger partial charge in [-0.05, 0) is 55.8 Å². The number of nitrogens with zero attached hydrogens (tertiary/aromatic N) is 1. The summed E-state index contributed by atoms with van der Waals surface area (Å²) < 4.78 is 11.2. The molecule has 0 saturated carbocycles. The van der Waals surface area contributed by atoms with Crippen LogP contribution in [-0.2, 0) is 9.59 Å². The van der Waals surface area contributed by atoms with Crippen LogP contribution in [0.5, 0.6) is 11.5 Å². The molecule has 0 spiro atoms. The molecule has 0 bridgehead atoms. The molecule has 3 aromatic rings. The molecule has 1 aliphatic rings. The van der Waals surface area contributed by atoms with Crippen LogP contribution in [0, 0.1) is 0 Å². The summed E-state index contributed by atoms with van der Waals surface area (Å²) in [4.78, 5) is 29.7. The number of hydrogen-bond donors (Lipinski definition) is 0. The van der Waals surface area contributed by atoms with Gasteiger partial charge in [-0.15, -0.1) is 0 Å². The molecule has 1 aliphatic heterocycles. The zero-order chi connectivity index (χ0) is 22.5. The van der Waals surface area contributed by atoms with E-state index in [1.165, 1.54) is 16.7 Å². The van der Waals surface area contributed by atoms with Crippen molar-refractivity contribution in [2.75, 3.05) is 18.1 Å². The van der Waals surface area contributed by atoms with E-state index in [-0.39, 0.29) is 11.8 Å². The molecule has 0 aromatic heterocycles. The molecular formula is C26H23NO4S. The number of carbonyl (C=O) groups is 2. The molecule has 2 amide bonds. The fourth-order valence-corrected chi connectivity index (χ4v) is 4.50. The number of para-hydroxylation sites is 2. The predicted molar refractivity (Wildman–Crippen MR) is 127 cm³/mol. The summed E-state index contributed by atoms with van der Waals surface area (Å²) in [5, 5.41) is 0. The van der Waals surface area contributed by atoms with Crippen molar-refractivity contribution in [2.24, 2.45) is 0 Å². The molecular weight excluding hydrogens is 422 g/mol. The fraction of sp³-hybridized carbons (Fsp3) is 0.154. The summed E-state index contributed by atoms with van der Waals surface area (Å²) in [6.07, 6.45) is 0. The highest BCUT2D eigenvalue weighted by molar-refractivity contribution is 8.04. The highest BCUT2D eigenvalue weighted by atomic mass is 32.2. The maximum atomic E-state index is 13.6. The molecule has 0 N–H and O–H groups in total. The van der Waals surface area contributed by atoms with E-state index in [9.17, 15) is 9.59 Å². The van der Waals surface area contributed by atoms with Crippen LogP contribution >= 0.6 is 11.8 Å². The molecule has 32 heavy (non-hydrogen) atoms. The Kier molecular flexibility index (Phi) is 6.61. The number of hydrogen-bond acceptors (Lipinski definition) is 5. The number of ether oxygens (including phenoxy) is 2. The van der Waals surface area contributed by atoms with Crippen LogP contribution in [0.25, 0.3) is 5.57 Å². The summed E-state index contributed by atoms with van der Waals surface area (Å²) >= 11 is 1.29. The van der Waals surface area contributed by atoms with Gasteiger partial charge in [0.2, 0.25) is 0 Å². The van der Waals surface area contributed by atoms with Gasteiger partial charge in [-0.3, -0.25) is 9.59 Å². The van der Waals surface area contributed by atoms with Crippen molar-refractivity contribution in [3.8, 4) is 11.5 Å². The molecule has 0 radical (unpaired) electrons. The van der Waals surface area contributed by atoms with E-state index in [1.807, 2.05) is 74.5 Å². The lowest BCUT2D eigenvalue weighted by Gasteiger charge is -2.19. The lowest BCUT2D eigenvalue weighted by Crippen LogP contribution is -2.31. The van der Waals surface area contributed by atoms with E-state index < -0.39 is 0 Å². The predicted octanol–water partition coefficient (Wildman–Crippen LogP) is 5.56. The molecule has 4 rings (SSSR count). The van der Waals surface area contributed by atoms with Gasteiger partial charge >= 0.3 is 0 Å². The van der Waals surface area contributed by atoms with Gasteiger partial charge in [-0.2, -0.15) is 0 Å². The Morgan fingerprint density at radius 3 is 2.09 bits per heavy atom. The lowest BCUT2D eigenvalue weighted by molar-refractivity contribution is -0.119. The number of carbonyl (C=O) groups excluding carboxylic acids is 2. The van der Waals surface area contributed by atoms with Gasteiger partial charge < -0.3 is 9.47 Å². The molecule has 0 fully saturated rings. The molecule has 5 nitrogen and oxygen atoms in total. The first kappa shape index (κ1) is 21.7. The maximum Gasteiger partial charge on any atom is 0.273 e. The number of imide groups is 1. The van der Waals surface area contributed by atoms with Gasteiger partial charge in [0.1, 0.15) is 11.5 Å². The number of anilines is 1. The lowest BCUT2D eigenvalue weighted by atomic mass is 10.1. The van der Waals surface area contributed by atoms with Crippen molar-refractivity contribution in [1.82, 2.24) is 0 Å². The summed E-state index contributed by atoms with van der Waals surface area (Å²) in [5.41, 5.74) is 1.48. The normalized spacial score (nSPS) is 13.6. The third-order valence-electron chi connectivity index (χ3n) is 4.86. The second-order valence-electron chi connectivity index (χ2n) is 6.92. The van der Waals surface area contributed by atoms with Crippen molar-refractivity contribution in [3.63, 3.8) is 0 Å².